The molecule has 4 nitrogen and oxygen atoms in total. The van der Waals surface area contributed by atoms with E-state index >= 15 is 0 Å². The van der Waals surface area contributed by atoms with Gasteiger partial charge in [-0.15, -0.1) is 11.3 Å². The summed E-state index contributed by atoms with van der Waals surface area (Å²) in [6.45, 7) is 3.66. The second-order valence-electron chi connectivity index (χ2n) is 4.69. The Bertz CT molecular complexity index is 759. The molecule has 2 rings (SSSR count). The van der Waals surface area contributed by atoms with Crippen LogP contribution in [0.25, 0.3) is 0 Å². The Morgan fingerprint density at radius 3 is 2.71 bits per heavy atom. The third kappa shape index (κ3) is 3.50. The fourth-order valence-corrected chi connectivity index (χ4v) is 4.55. The molecule has 21 heavy (non-hydrogen) atoms. The third-order valence-corrected chi connectivity index (χ3v) is 5.80. The van der Waals surface area contributed by atoms with Crippen LogP contribution < -0.4 is 4.72 Å². The number of sulfonamides is 1. The molecule has 110 valence electrons. The summed E-state index contributed by atoms with van der Waals surface area (Å²) in [5.74, 6) is 0. The van der Waals surface area contributed by atoms with Crippen molar-refractivity contribution in [1.82, 2.24) is 4.72 Å². The second kappa shape index (κ2) is 6.39. The maximum atomic E-state index is 12.6. The fourth-order valence-electron chi connectivity index (χ4n) is 2.04. The number of benzene rings is 1. The van der Waals surface area contributed by atoms with E-state index in [0.717, 1.165) is 4.88 Å². The van der Waals surface area contributed by atoms with Gasteiger partial charge < -0.3 is 0 Å². The molecule has 6 heteroatoms. The first kappa shape index (κ1) is 15.7. The van der Waals surface area contributed by atoms with Gasteiger partial charge in [0.25, 0.3) is 0 Å². The van der Waals surface area contributed by atoms with Crippen molar-refractivity contribution in [1.29, 1.82) is 5.26 Å². The first-order valence-electron chi connectivity index (χ1n) is 6.54. The van der Waals surface area contributed by atoms with Crippen molar-refractivity contribution < 1.29 is 8.42 Å². The van der Waals surface area contributed by atoms with E-state index in [-0.39, 0.29) is 10.9 Å². The molecule has 1 aromatic carbocycles. The van der Waals surface area contributed by atoms with E-state index in [2.05, 4.69) is 4.72 Å². The Morgan fingerprint density at radius 1 is 1.38 bits per heavy atom. The molecule has 1 unspecified atom stereocenters. The minimum absolute atomic E-state index is 0.163. The summed E-state index contributed by atoms with van der Waals surface area (Å²) in [5.41, 5.74) is 0.965. The van der Waals surface area contributed by atoms with Crippen molar-refractivity contribution in [2.24, 2.45) is 0 Å². The van der Waals surface area contributed by atoms with Crippen molar-refractivity contribution in [3.05, 3.63) is 51.7 Å². The van der Waals surface area contributed by atoms with Gasteiger partial charge in [0.2, 0.25) is 10.0 Å². The number of nitriles is 1. The molecule has 0 spiro atoms. The summed E-state index contributed by atoms with van der Waals surface area (Å²) >= 11 is 1.52. The predicted molar refractivity (Wildman–Crippen MR) is 83.6 cm³/mol. The Balaban J connectivity index is 2.36. The maximum Gasteiger partial charge on any atom is 0.241 e. The van der Waals surface area contributed by atoms with Crippen LogP contribution in [0, 0.1) is 18.3 Å². The smallest absolute Gasteiger partial charge is 0.207 e. The van der Waals surface area contributed by atoms with E-state index in [1.54, 1.807) is 19.1 Å². The molecular formula is C15H16N2O2S2. The van der Waals surface area contributed by atoms with E-state index in [0.29, 0.717) is 17.5 Å². The number of rotatable bonds is 5. The normalized spacial score (nSPS) is 12.8. The number of hydrogen-bond acceptors (Lipinski definition) is 4. The summed E-state index contributed by atoms with van der Waals surface area (Å²) < 4.78 is 27.9. The standard InChI is InChI=1S/C15H16N2O2S2/c1-3-13(14-5-4-8-20-14)17-21(18,19)15-9-12(10-16)7-6-11(15)2/h4-9,13,17H,3H2,1-2H3. The highest BCUT2D eigenvalue weighted by Gasteiger charge is 2.22. The number of nitrogens with zero attached hydrogens (tertiary/aromatic N) is 1. The molecule has 2 aromatic rings. The van der Waals surface area contributed by atoms with Gasteiger partial charge in [-0.3, -0.25) is 0 Å². The van der Waals surface area contributed by atoms with Crippen LogP contribution in [0.4, 0.5) is 0 Å². The highest BCUT2D eigenvalue weighted by Crippen LogP contribution is 2.25. The molecule has 1 atom stereocenters. The van der Waals surface area contributed by atoms with E-state index in [1.165, 1.54) is 17.4 Å². The average molecular weight is 320 g/mol. The van der Waals surface area contributed by atoms with Crippen LogP contribution in [0.5, 0.6) is 0 Å². The zero-order valence-electron chi connectivity index (χ0n) is 11.8. The average Bonchev–Trinajstić information content (AvgIpc) is 2.99. The van der Waals surface area contributed by atoms with Crippen LogP contribution in [-0.2, 0) is 10.0 Å². The fraction of sp³-hybridized carbons (Fsp3) is 0.267. The van der Waals surface area contributed by atoms with Crippen LogP contribution in [-0.4, -0.2) is 8.42 Å². The van der Waals surface area contributed by atoms with Crippen LogP contribution >= 0.6 is 11.3 Å². The minimum atomic E-state index is -3.66. The van der Waals surface area contributed by atoms with Crippen molar-refractivity contribution in [3.8, 4) is 6.07 Å². The lowest BCUT2D eigenvalue weighted by Gasteiger charge is -2.17. The predicted octanol–water partition coefficient (Wildman–Crippen LogP) is 3.36. The summed E-state index contributed by atoms with van der Waals surface area (Å²) in [4.78, 5) is 1.15. The quantitative estimate of drug-likeness (QED) is 0.918. The number of nitrogens with one attached hydrogen (secondary N) is 1. The third-order valence-electron chi connectivity index (χ3n) is 3.20. The first-order valence-corrected chi connectivity index (χ1v) is 8.90. The zero-order valence-corrected chi connectivity index (χ0v) is 13.5. The van der Waals surface area contributed by atoms with Crippen molar-refractivity contribution in [2.75, 3.05) is 0 Å². The molecule has 0 amide bonds. The van der Waals surface area contributed by atoms with Crippen molar-refractivity contribution in [2.45, 2.75) is 31.2 Å². The Kier molecular flexibility index (Phi) is 4.78. The maximum absolute atomic E-state index is 12.6. The first-order chi connectivity index (χ1) is 9.97. The Morgan fingerprint density at radius 2 is 2.14 bits per heavy atom. The lowest BCUT2D eigenvalue weighted by molar-refractivity contribution is 0.552. The molecule has 1 heterocycles. The molecule has 0 aliphatic heterocycles. The lowest BCUT2D eigenvalue weighted by Crippen LogP contribution is -2.28. The Hall–Kier alpha value is -1.68. The summed E-state index contributed by atoms with van der Waals surface area (Å²) in [5, 5.41) is 10.9. The molecule has 0 saturated carbocycles. The summed E-state index contributed by atoms with van der Waals surface area (Å²) in [6.07, 6.45) is 0.663. The van der Waals surface area contributed by atoms with Crippen molar-refractivity contribution in [3.63, 3.8) is 0 Å². The van der Waals surface area contributed by atoms with Crippen molar-refractivity contribution >= 4 is 21.4 Å². The SMILES string of the molecule is CCC(NS(=O)(=O)c1cc(C#N)ccc1C)c1cccs1. The molecule has 1 aromatic heterocycles. The van der Waals surface area contributed by atoms with Gasteiger partial charge in [-0.1, -0.05) is 19.1 Å². The molecule has 0 aliphatic carbocycles. The van der Waals surface area contributed by atoms with Gasteiger partial charge in [-0.2, -0.15) is 5.26 Å². The van der Waals surface area contributed by atoms with Gasteiger partial charge >= 0.3 is 0 Å². The Labute approximate surface area is 129 Å². The molecule has 0 bridgehead atoms. The lowest BCUT2D eigenvalue weighted by atomic mass is 10.2. The zero-order chi connectivity index (χ0) is 15.5. The van der Waals surface area contributed by atoms with E-state index < -0.39 is 10.0 Å². The molecule has 0 fully saturated rings. The molecule has 0 saturated heterocycles. The highest BCUT2D eigenvalue weighted by molar-refractivity contribution is 7.89. The van der Waals surface area contributed by atoms with Crippen LogP contribution in [0.2, 0.25) is 0 Å². The minimum Gasteiger partial charge on any atom is -0.207 e. The van der Waals surface area contributed by atoms with Gasteiger partial charge in [-0.05, 0) is 42.5 Å². The van der Waals surface area contributed by atoms with Crippen LogP contribution in [0.15, 0.2) is 40.6 Å². The number of thiophene rings is 1. The molecular weight excluding hydrogens is 304 g/mol. The van der Waals surface area contributed by atoms with Gasteiger partial charge in [0.15, 0.2) is 0 Å². The molecule has 0 radical (unpaired) electrons. The van der Waals surface area contributed by atoms with Gasteiger partial charge in [0, 0.05) is 4.88 Å². The summed E-state index contributed by atoms with van der Waals surface area (Å²) in [7, 11) is -3.66. The van der Waals surface area contributed by atoms with E-state index in [1.807, 2.05) is 30.5 Å². The summed E-state index contributed by atoms with van der Waals surface area (Å²) in [6, 6.07) is 10.2. The second-order valence-corrected chi connectivity index (χ2v) is 7.35. The topological polar surface area (TPSA) is 70.0 Å². The largest absolute Gasteiger partial charge is 0.241 e. The number of aryl methyl sites for hydroxylation is 1. The van der Waals surface area contributed by atoms with E-state index in [4.69, 9.17) is 5.26 Å². The van der Waals surface area contributed by atoms with E-state index in [9.17, 15) is 8.42 Å². The van der Waals surface area contributed by atoms with Crippen LogP contribution in [0.1, 0.15) is 35.4 Å². The van der Waals surface area contributed by atoms with Gasteiger partial charge in [0.1, 0.15) is 0 Å². The van der Waals surface area contributed by atoms with Gasteiger partial charge in [0.05, 0.1) is 22.6 Å². The molecule has 0 aliphatic rings. The number of hydrogen-bond donors (Lipinski definition) is 1. The molecule has 1 N–H and O–H groups in total. The van der Waals surface area contributed by atoms with Crippen LogP contribution in [0.3, 0.4) is 0 Å². The monoisotopic (exact) mass is 320 g/mol. The van der Waals surface area contributed by atoms with Gasteiger partial charge in [-0.25, -0.2) is 13.1 Å². The highest BCUT2D eigenvalue weighted by atomic mass is 32.2.